The lowest BCUT2D eigenvalue weighted by atomic mass is 10.0. The van der Waals surface area contributed by atoms with Crippen LogP contribution in [-0.2, 0) is 0 Å². The van der Waals surface area contributed by atoms with Crippen LogP contribution >= 0.6 is 0 Å². The summed E-state index contributed by atoms with van der Waals surface area (Å²) in [6, 6.07) is 18.9. The molecule has 4 rings (SSSR count). The van der Waals surface area contributed by atoms with Crippen LogP contribution in [-0.4, -0.2) is 17.3 Å². The molecule has 8 heteroatoms. The van der Waals surface area contributed by atoms with Crippen LogP contribution in [0.5, 0.6) is 5.75 Å². The number of aromatic amines is 1. The molecule has 0 saturated heterocycles. The maximum Gasteiger partial charge on any atom is 0.573 e. The molecular formula is C23H15F3N2O3. The summed E-state index contributed by atoms with van der Waals surface area (Å²) >= 11 is 0. The standard InChI is InChI=1S/C23H15F3N2O3/c24-23(25,26)31-15-11-9-14(10-12-15)16-5-1-4-8-20(16)28-22(30)18-13-27-19-7-3-2-6-17(19)21(18)29/h1-13H,(H,27,29)(H,28,30). The highest BCUT2D eigenvalue weighted by Gasteiger charge is 2.31. The number of H-pyrrole nitrogens is 1. The summed E-state index contributed by atoms with van der Waals surface area (Å²) < 4.78 is 41.0. The Morgan fingerprint density at radius 2 is 1.58 bits per heavy atom. The van der Waals surface area contributed by atoms with Crippen molar-refractivity contribution in [1.29, 1.82) is 0 Å². The van der Waals surface area contributed by atoms with Crippen LogP contribution in [0.1, 0.15) is 10.4 Å². The predicted molar refractivity (Wildman–Crippen MR) is 111 cm³/mol. The van der Waals surface area contributed by atoms with Gasteiger partial charge in [-0.05, 0) is 35.9 Å². The predicted octanol–water partition coefficient (Wildman–Crippen LogP) is 5.35. The molecule has 3 aromatic carbocycles. The number of nitrogens with one attached hydrogen (secondary N) is 2. The third-order valence-corrected chi connectivity index (χ3v) is 4.61. The van der Waals surface area contributed by atoms with Gasteiger partial charge in [0.05, 0.1) is 0 Å². The average molecular weight is 424 g/mol. The monoisotopic (exact) mass is 424 g/mol. The number of pyridine rings is 1. The van der Waals surface area contributed by atoms with Gasteiger partial charge in [0.1, 0.15) is 11.3 Å². The molecule has 0 fully saturated rings. The molecule has 31 heavy (non-hydrogen) atoms. The quantitative estimate of drug-likeness (QED) is 0.464. The fourth-order valence-electron chi connectivity index (χ4n) is 3.21. The van der Waals surface area contributed by atoms with Crippen LogP contribution in [0.2, 0.25) is 0 Å². The van der Waals surface area contributed by atoms with Crippen LogP contribution in [0, 0.1) is 0 Å². The summed E-state index contributed by atoms with van der Waals surface area (Å²) in [4.78, 5) is 28.4. The Hall–Kier alpha value is -4.07. The summed E-state index contributed by atoms with van der Waals surface area (Å²) in [6.45, 7) is 0. The Kier molecular flexibility index (Phi) is 5.21. The number of aromatic nitrogens is 1. The number of para-hydroxylation sites is 2. The first kappa shape index (κ1) is 20.2. The number of hydrogen-bond donors (Lipinski definition) is 2. The maximum atomic E-state index is 12.8. The minimum Gasteiger partial charge on any atom is -0.406 e. The zero-order chi connectivity index (χ0) is 22.0. The van der Waals surface area contributed by atoms with Gasteiger partial charge in [0.25, 0.3) is 5.91 Å². The van der Waals surface area contributed by atoms with E-state index in [4.69, 9.17) is 0 Å². The van der Waals surface area contributed by atoms with Crippen molar-refractivity contribution in [2.24, 2.45) is 0 Å². The van der Waals surface area contributed by atoms with Crippen LogP contribution in [0.25, 0.3) is 22.0 Å². The van der Waals surface area contributed by atoms with E-state index in [-0.39, 0.29) is 11.3 Å². The molecule has 1 heterocycles. The largest absolute Gasteiger partial charge is 0.573 e. The van der Waals surface area contributed by atoms with E-state index < -0.39 is 17.7 Å². The van der Waals surface area contributed by atoms with Crippen LogP contribution < -0.4 is 15.5 Å². The lowest BCUT2D eigenvalue weighted by Gasteiger charge is -2.13. The number of ether oxygens (including phenoxy) is 1. The summed E-state index contributed by atoms with van der Waals surface area (Å²) in [6.07, 6.45) is -3.42. The summed E-state index contributed by atoms with van der Waals surface area (Å²) in [5.74, 6) is -0.947. The minimum absolute atomic E-state index is 0.0533. The zero-order valence-corrected chi connectivity index (χ0v) is 15.9. The lowest BCUT2D eigenvalue weighted by molar-refractivity contribution is -0.274. The molecule has 0 spiro atoms. The first-order chi connectivity index (χ1) is 14.8. The van der Waals surface area contributed by atoms with Crippen molar-refractivity contribution in [3.05, 3.63) is 94.8 Å². The Labute approximate surface area is 174 Å². The molecule has 0 unspecified atom stereocenters. The average Bonchev–Trinajstić information content (AvgIpc) is 2.74. The van der Waals surface area contributed by atoms with Gasteiger partial charge in [-0.25, -0.2) is 0 Å². The Morgan fingerprint density at radius 3 is 2.32 bits per heavy atom. The first-order valence-corrected chi connectivity index (χ1v) is 9.19. The first-order valence-electron chi connectivity index (χ1n) is 9.19. The van der Waals surface area contributed by atoms with E-state index in [1.807, 2.05) is 0 Å². The number of benzene rings is 3. The van der Waals surface area contributed by atoms with Crippen molar-refractivity contribution in [1.82, 2.24) is 4.98 Å². The number of hydrogen-bond acceptors (Lipinski definition) is 3. The van der Waals surface area contributed by atoms with E-state index in [0.29, 0.717) is 27.7 Å². The number of anilines is 1. The molecule has 2 N–H and O–H groups in total. The van der Waals surface area contributed by atoms with Crippen LogP contribution in [0.3, 0.4) is 0 Å². The van der Waals surface area contributed by atoms with Gasteiger partial charge in [0.2, 0.25) is 5.43 Å². The number of carbonyl (C=O) groups excluding carboxylic acids is 1. The van der Waals surface area contributed by atoms with Gasteiger partial charge in [-0.15, -0.1) is 13.2 Å². The second kappa shape index (κ2) is 7.98. The molecule has 5 nitrogen and oxygen atoms in total. The summed E-state index contributed by atoms with van der Waals surface area (Å²) in [5, 5.41) is 3.11. The van der Waals surface area contributed by atoms with E-state index in [1.165, 1.54) is 30.5 Å². The summed E-state index contributed by atoms with van der Waals surface area (Å²) in [7, 11) is 0. The number of carbonyl (C=O) groups is 1. The van der Waals surface area contributed by atoms with Crippen molar-refractivity contribution in [3.63, 3.8) is 0 Å². The van der Waals surface area contributed by atoms with E-state index in [0.717, 1.165) is 0 Å². The molecule has 4 aromatic rings. The lowest BCUT2D eigenvalue weighted by Crippen LogP contribution is -2.22. The molecule has 156 valence electrons. The highest BCUT2D eigenvalue weighted by Crippen LogP contribution is 2.31. The highest BCUT2D eigenvalue weighted by molar-refractivity contribution is 6.07. The Balaban J connectivity index is 1.63. The molecule has 1 amide bonds. The Morgan fingerprint density at radius 1 is 0.903 bits per heavy atom. The second-order valence-corrected chi connectivity index (χ2v) is 6.65. The van der Waals surface area contributed by atoms with Gasteiger partial charge < -0.3 is 15.0 Å². The smallest absolute Gasteiger partial charge is 0.406 e. The van der Waals surface area contributed by atoms with Crippen molar-refractivity contribution in [2.45, 2.75) is 6.36 Å². The van der Waals surface area contributed by atoms with E-state index in [2.05, 4.69) is 15.0 Å². The van der Waals surface area contributed by atoms with Gasteiger partial charge in [0.15, 0.2) is 0 Å². The molecule has 0 aliphatic rings. The maximum absolute atomic E-state index is 12.8. The summed E-state index contributed by atoms with van der Waals surface area (Å²) in [5.41, 5.74) is 1.71. The molecule has 0 bridgehead atoms. The SMILES string of the molecule is O=C(Nc1ccccc1-c1ccc(OC(F)(F)F)cc1)c1c[nH]c2ccccc2c1=O. The topological polar surface area (TPSA) is 71.2 Å². The van der Waals surface area contributed by atoms with E-state index in [9.17, 15) is 22.8 Å². The van der Waals surface area contributed by atoms with Crippen molar-refractivity contribution >= 4 is 22.5 Å². The third kappa shape index (κ3) is 4.42. The van der Waals surface area contributed by atoms with Gasteiger partial charge in [-0.1, -0.05) is 42.5 Å². The molecule has 0 radical (unpaired) electrons. The molecule has 0 aliphatic heterocycles. The molecule has 0 saturated carbocycles. The fraction of sp³-hybridized carbons (Fsp3) is 0.0435. The van der Waals surface area contributed by atoms with E-state index >= 15 is 0 Å². The number of halogens is 3. The zero-order valence-electron chi connectivity index (χ0n) is 15.9. The highest BCUT2D eigenvalue weighted by atomic mass is 19.4. The third-order valence-electron chi connectivity index (χ3n) is 4.61. The normalized spacial score (nSPS) is 11.3. The Bertz CT molecular complexity index is 1310. The van der Waals surface area contributed by atoms with Gasteiger partial charge in [-0.3, -0.25) is 9.59 Å². The van der Waals surface area contributed by atoms with Crippen molar-refractivity contribution in [3.8, 4) is 16.9 Å². The van der Waals surface area contributed by atoms with Crippen LogP contribution in [0.4, 0.5) is 18.9 Å². The van der Waals surface area contributed by atoms with Gasteiger partial charge >= 0.3 is 6.36 Å². The number of rotatable bonds is 4. The molecular weight excluding hydrogens is 409 g/mol. The van der Waals surface area contributed by atoms with Gasteiger partial charge in [0, 0.05) is 28.4 Å². The number of fused-ring (bicyclic) bond motifs is 1. The molecule has 1 aromatic heterocycles. The molecule has 0 aliphatic carbocycles. The number of alkyl halides is 3. The molecule has 0 atom stereocenters. The fourth-order valence-corrected chi connectivity index (χ4v) is 3.21. The van der Waals surface area contributed by atoms with Crippen molar-refractivity contribution in [2.75, 3.05) is 5.32 Å². The van der Waals surface area contributed by atoms with E-state index in [1.54, 1.807) is 48.5 Å². The number of amides is 1. The minimum atomic E-state index is -4.78. The van der Waals surface area contributed by atoms with Gasteiger partial charge in [-0.2, -0.15) is 0 Å². The van der Waals surface area contributed by atoms with Crippen molar-refractivity contribution < 1.29 is 22.7 Å². The second-order valence-electron chi connectivity index (χ2n) is 6.65. The van der Waals surface area contributed by atoms with Crippen LogP contribution in [0.15, 0.2) is 83.8 Å².